The Morgan fingerprint density at radius 2 is 2.00 bits per heavy atom. The van der Waals surface area contributed by atoms with E-state index in [0.717, 1.165) is 38.9 Å². The quantitative estimate of drug-likeness (QED) is 0.812. The molecule has 0 bridgehead atoms. The standard InChI is InChI=1S/C15H18Br2N2O/c1-3-11-8-12(19(4-2)18-11)9-15(20)13-6-5-10(16)7-14(13)17/h5-8,15,20H,3-4,9H2,1-2H3. The molecule has 0 radical (unpaired) electrons. The van der Waals surface area contributed by atoms with Crippen LogP contribution in [0.25, 0.3) is 0 Å². The van der Waals surface area contributed by atoms with Crippen molar-refractivity contribution in [3.8, 4) is 0 Å². The second-order valence-electron chi connectivity index (χ2n) is 4.68. The molecule has 1 N–H and O–H groups in total. The number of hydrogen-bond donors (Lipinski definition) is 1. The number of benzene rings is 1. The van der Waals surface area contributed by atoms with Gasteiger partial charge in [-0.3, -0.25) is 4.68 Å². The molecule has 0 saturated heterocycles. The minimum atomic E-state index is -0.538. The number of rotatable bonds is 5. The van der Waals surface area contributed by atoms with Gasteiger partial charge >= 0.3 is 0 Å². The van der Waals surface area contributed by atoms with Gasteiger partial charge in [0, 0.05) is 27.6 Å². The van der Waals surface area contributed by atoms with Crippen LogP contribution in [0.3, 0.4) is 0 Å². The number of nitrogens with zero attached hydrogens (tertiary/aromatic N) is 2. The van der Waals surface area contributed by atoms with Gasteiger partial charge in [-0.2, -0.15) is 5.10 Å². The Hall–Kier alpha value is -0.650. The van der Waals surface area contributed by atoms with E-state index in [1.807, 2.05) is 22.9 Å². The lowest BCUT2D eigenvalue weighted by molar-refractivity contribution is 0.174. The Bertz CT molecular complexity index is 596. The van der Waals surface area contributed by atoms with E-state index in [1.165, 1.54) is 0 Å². The molecule has 5 heteroatoms. The summed E-state index contributed by atoms with van der Waals surface area (Å²) in [5.41, 5.74) is 3.05. The summed E-state index contributed by atoms with van der Waals surface area (Å²) >= 11 is 6.93. The number of aliphatic hydroxyl groups excluding tert-OH is 1. The lowest BCUT2D eigenvalue weighted by Gasteiger charge is -2.14. The summed E-state index contributed by atoms with van der Waals surface area (Å²) in [5, 5.41) is 15.0. The smallest absolute Gasteiger partial charge is 0.0856 e. The molecule has 1 atom stereocenters. The van der Waals surface area contributed by atoms with E-state index < -0.39 is 6.10 Å². The van der Waals surface area contributed by atoms with Crippen LogP contribution in [0.2, 0.25) is 0 Å². The zero-order valence-corrected chi connectivity index (χ0v) is 14.8. The van der Waals surface area contributed by atoms with Gasteiger partial charge in [-0.05, 0) is 37.1 Å². The summed E-state index contributed by atoms with van der Waals surface area (Å²) in [6.45, 7) is 4.98. The van der Waals surface area contributed by atoms with E-state index in [2.05, 4.69) is 56.9 Å². The van der Waals surface area contributed by atoms with Crippen LogP contribution in [0.4, 0.5) is 0 Å². The van der Waals surface area contributed by atoms with Crippen LogP contribution in [0.1, 0.15) is 36.9 Å². The summed E-state index contributed by atoms with van der Waals surface area (Å²) in [4.78, 5) is 0. The first-order valence-corrected chi connectivity index (χ1v) is 8.32. The first-order chi connectivity index (χ1) is 9.55. The van der Waals surface area contributed by atoms with Crippen LogP contribution >= 0.6 is 31.9 Å². The van der Waals surface area contributed by atoms with Crippen molar-refractivity contribution in [2.24, 2.45) is 0 Å². The predicted octanol–water partition coefficient (Wildman–Crippen LogP) is 4.27. The molecule has 1 heterocycles. The highest BCUT2D eigenvalue weighted by Gasteiger charge is 2.15. The maximum Gasteiger partial charge on any atom is 0.0856 e. The van der Waals surface area contributed by atoms with Gasteiger partial charge in [-0.15, -0.1) is 0 Å². The zero-order valence-electron chi connectivity index (χ0n) is 11.6. The number of aromatic nitrogens is 2. The van der Waals surface area contributed by atoms with Gasteiger partial charge in [0.1, 0.15) is 0 Å². The van der Waals surface area contributed by atoms with Gasteiger partial charge < -0.3 is 5.11 Å². The second-order valence-corrected chi connectivity index (χ2v) is 6.45. The van der Waals surface area contributed by atoms with Crippen molar-refractivity contribution in [2.45, 2.75) is 39.3 Å². The van der Waals surface area contributed by atoms with Gasteiger partial charge in [-0.1, -0.05) is 44.8 Å². The van der Waals surface area contributed by atoms with Crippen LogP contribution in [0.15, 0.2) is 33.2 Å². The van der Waals surface area contributed by atoms with Crippen molar-refractivity contribution in [1.29, 1.82) is 0 Å². The van der Waals surface area contributed by atoms with Crippen LogP contribution in [-0.4, -0.2) is 14.9 Å². The molecule has 0 spiro atoms. The third kappa shape index (κ3) is 3.51. The van der Waals surface area contributed by atoms with Crippen LogP contribution in [0.5, 0.6) is 0 Å². The predicted molar refractivity (Wildman–Crippen MR) is 87.8 cm³/mol. The fourth-order valence-electron chi connectivity index (χ4n) is 2.21. The summed E-state index contributed by atoms with van der Waals surface area (Å²) < 4.78 is 3.87. The summed E-state index contributed by atoms with van der Waals surface area (Å²) in [6.07, 6.45) is 0.947. The molecule has 0 aliphatic heterocycles. The lowest BCUT2D eigenvalue weighted by atomic mass is 10.0. The molecule has 108 valence electrons. The first-order valence-electron chi connectivity index (χ1n) is 6.73. The Morgan fingerprint density at radius 3 is 2.60 bits per heavy atom. The molecule has 1 aromatic carbocycles. The normalized spacial score (nSPS) is 12.7. The Balaban J connectivity index is 2.22. The Morgan fingerprint density at radius 1 is 1.25 bits per heavy atom. The minimum Gasteiger partial charge on any atom is -0.388 e. The van der Waals surface area contributed by atoms with Crippen molar-refractivity contribution in [3.05, 3.63) is 50.2 Å². The van der Waals surface area contributed by atoms with Crippen LogP contribution < -0.4 is 0 Å². The summed E-state index contributed by atoms with van der Waals surface area (Å²) in [6, 6.07) is 7.91. The molecule has 1 unspecified atom stereocenters. The zero-order chi connectivity index (χ0) is 14.7. The van der Waals surface area contributed by atoms with E-state index in [-0.39, 0.29) is 0 Å². The maximum absolute atomic E-state index is 10.5. The average Bonchev–Trinajstić information content (AvgIpc) is 2.80. The fourth-order valence-corrected chi connectivity index (χ4v) is 3.52. The van der Waals surface area contributed by atoms with Gasteiger partial charge in [0.15, 0.2) is 0 Å². The second kappa shape index (κ2) is 6.87. The molecule has 3 nitrogen and oxygen atoms in total. The van der Waals surface area contributed by atoms with Gasteiger partial charge in [0.2, 0.25) is 0 Å². The van der Waals surface area contributed by atoms with Gasteiger partial charge in [0.25, 0.3) is 0 Å². The van der Waals surface area contributed by atoms with Crippen LogP contribution in [0, 0.1) is 0 Å². The molecule has 0 aliphatic rings. The highest BCUT2D eigenvalue weighted by atomic mass is 79.9. The molecule has 20 heavy (non-hydrogen) atoms. The lowest BCUT2D eigenvalue weighted by Crippen LogP contribution is -2.09. The largest absolute Gasteiger partial charge is 0.388 e. The van der Waals surface area contributed by atoms with Crippen molar-refractivity contribution in [2.75, 3.05) is 0 Å². The Kier molecular flexibility index (Phi) is 5.41. The molecule has 0 saturated carbocycles. The minimum absolute atomic E-state index is 0.538. The van der Waals surface area contributed by atoms with E-state index in [0.29, 0.717) is 6.42 Å². The number of halogens is 2. The molecular weight excluding hydrogens is 384 g/mol. The number of hydrogen-bond acceptors (Lipinski definition) is 2. The first kappa shape index (κ1) is 15.7. The molecule has 2 rings (SSSR count). The van der Waals surface area contributed by atoms with E-state index >= 15 is 0 Å². The molecule has 0 fully saturated rings. The highest BCUT2D eigenvalue weighted by Crippen LogP contribution is 2.29. The van der Waals surface area contributed by atoms with E-state index in [9.17, 15) is 5.11 Å². The molecule has 1 aromatic heterocycles. The summed E-state index contributed by atoms with van der Waals surface area (Å²) in [7, 11) is 0. The van der Waals surface area contributed by atoms with Crippen molar-refractivity contribution in [3.63, 3.8) is 0 Å². The van der Waals surface area contributed by atoms with Crippen molar-refractivity contribution < 1.29 is 5.11 Å². The van der Waals surface area contributed by atoms with E-state index in [1.54, 1.807) is 0 Å². The van der Waals surface area contributed by atoms with Crippen molar-refractivity contribution in [1.82, 2.24) is 9.78 Å². The fraction of sp³-hybridized carbons (Fsp3) is 0.400. The number of aliphatic hydroxyl groups is 1. The van der Waals surface area contributed by atoms with E-state index in [4.69, 9.17) is 0 Å². The molecule has 2 aromatic rings. The third-order valence-electron chi connectivity index (χ3n) is 3.30. The van der Waals surface area contributed by atoms with Crippen molar-refractivity contribution >= 4 is 31.9 Å². The average molecular weight is 402 g/mol. The topological polar surface area (TPSA) is 38.0 Å². The highest BCUT2D eigenvalue weighted by molar-refractivity contribution is 9.11. The number of aryl methyl sites for hydroxylation is 2. The molecule has 0 amide bonds. The van der Waals surface area contributed by atoms with Gasteiger partial charge in [0.05, 0.1) is 11.8 Å². The third-order valence-corrected chi connectivity index (χ3v) is 4.48. The Labute approximate surface area is 136 Å². The van der Waals surface area contributed by atoms with Crippen LogP contribution in [-0.2, 0) is 19.4 Å². The maximum atomic E-state index is 10.5. The van der Waals surface area contributed by atoms with Gasteiger partial charge in [-0.25, -0.2) is 0 Å². The SMILES string of the molecule is CCc1cc(CC(O)c2ccc(Br)cc2Br)n(CC)n1. The monoisotopic (exact) mass is 400 g/mol. The summed E-state index contributed by atoms with van der Waals surface area (Å²) in [5.74, 6) is 0. The molecular formula is C15H18Br2N2O. The molecule has 0 aliphatic carbocycles.